The van der Waals surface area contributed by atoms with Gasteiger partial charge in [-0.05, 0) is 36.8 Å². The third-order valence-corrected chi connectivity index (χ3v) is 5.01. The number of hydroxylamine groups is 1. The number of hydrogen-bond donors (Lipinski definition) is 2. The van der Waals surface area contributed by atoms with E-state index >= 15 is 0 Å². The molecule has 2 unspecified atom stereocenters. The number of nitrogens with one attached hydrogen (secondary N) is 1. The van der Waals surface area contributed by atoms with Gasteiger partial charge in [0.2, 0.25) is 0 Å². The average molecular weight is 369 g/mol. The predicted octanol–water partition coefficient (Wildman–Crippen LogP) is 4.34. The number of carbonyl (C=O) groups excluding carboxylic acids is 1. The van der Waals surface area contributed by atoms with Gasteiger partial charge in [-0.3, -0.25) is 9.63 Å². The summed E-state index contributed by atoms with van der Waals surface area (Å²) in [4.78, 5) is 18.0. The first kappa shape index (κ1) is 21.3. The molecule has 4 heteroatoms. The fraction of sp³-hybridized carbons (Fsp3) is 0.435. The highest BCUT2D eigenvalue weighted by Gasteiger charge is 2.10. The summed E-state index contributed by atoms with van der Waals surface area (Å²) in [7, 11) is 0. The predicted molar refractivity (Wildman–Crippen MR) is 110 cm³/mol. The van der Waals surface area contributed by atoms with Crippen molar-refractivity contribution in [3.63, 3.8) is 0 Å². The maximum atomic E-state index is 12.4. The first-order valence-electron chi connectivity index (χ1n) is 9.87. The first-order chi connectivity index (χ1) is 13.1. The van der Waals surface area contributed by atoms with Crippen LogP contribution in [0.1, 0.15) is 54.6 Å². The summed E-state index contributed by atoms with van der Waals surface area (Å²) in [5, 5.41) is 0. The fourth-order valence-corrected chi connectivity index (χ4v) is 2.91. The van der Waals surface area contributed by atoms with Gasteiger partial charge in [0.1, 0.15) is 0 Å². The lowest BCUT2D eigenvalue weighted by Gasteiger charge is -2.17. The Labute approximate surface area is 163 Å². The van der Waals surface area contributed by atoms with Gasteiger partial charge < -0.3 is 5.73 Å². The van der Waals surface area contributed by atoms with Crippen LogP contribution in [0.15, 0.2) is 54.6 Å². The molecule has 3 N–H and O–H groups in total. The minimum Gasteiger partial charge on any atom is -0.330 e. The van der Waals surface area contributed by atoms with E-state index in [-0.39, 0.29) is 5.78 Å². The van der Waals surface area contributed by atoms with Crippen LogP contribution >= 0.6 is 0 Å². The minimum atomic E-state index is 0.0405. The van der Waals surface area contributed by atoms with Crippen LogP contribution in [0, 0.1) is 11.8 Å². The van der Waals surface area contributed by atoms with Crippen molar-refractivity contribution < 1.29 is 9.63 Å². The summed E-state index contributed by atoms with van der Waals surface area (Å²) in [6.07, 6.45) is 3.46. The summed E-state index contributed by atoms with van der Waals surface area (Å²) in [6.45, 7) is 6.49. The van der Waals surface area contributed by atoms with E-state index in [0.717, 1.165) is 31.5 Å². The van der Waals surface area contributed by atoms with Crippen molar-refractivity contribution in [2.45, 2.75) is 39.7 Å². The maximum Gasteiger partial charge on any atom is 0.193 e. The molecule has 0 amide bonds. The highest BCUT2D eigenvalue weighted by atomic mass is 16.6. The number of carbonyl (C=O) groups is 1. The number of nitrogens with two attached hydrogens (primary N) is 1. The van der Waals surface area contributed by atoms with Gasteiger partial charge in [0.15, 0.2) is 5.78 Å². The normalized spacial score (nSPS) is 13.3. The Morgan fingerprint density at radius 2 is 1.70 bits per heavy atom. The molecule has 2 rings (SSSR count). The summed E-state index contributed by atoms with van der Waals surface area (Å²) in [5.74, 6) is 1.22. The molecule has 0 aliphatic rings. The minimum absolute atomic E-state index is 0.0405. The van der Waals surface area contributed by atoms with Gasteiger partial charge in [0.25, 0.3) is 0 Å². The van der Waals surface area contributed by atoms with Crippen molar-refractivity contribution in [1.82, 2.24) is 5.48 Å². The Balaban J connectivity index is 1.74. The summed E-state index contributed by atoms with van der Waals surface area (Å²) in [5.41, 5.74) is 11.2. The Hall–Kier alpha value is -2.01. The van der Waals surface area contributed by atoms with Gasteiger partial charge in [-0.2, -0.15) is 0 Å². The molecule has 146 valence electrons. The number of ketones is 1. The van der Waals surface area contributed by atoms with Crippen molar-refractivity contribution in [2.75, 3.05) is 13.1 Å². The molecule has 0 aliphatic heterocycles. The van der Waals surface area contributed by atoms with Gasteiger partial charge in [-0.15, -0.1) is 0 Å². The van der Waals surface area contributed by atoms with Crippen LogP contribution in [0.3, 0.4) is 0 Å². The molecule has 0 spiro atoms. The molecule has 2 atom stereocenters. The van der Waals surface area contributed by atoms with Crippen LogP contribution in [0.2, 0.25) is 0 Å². The number of rotatable bonds is 12. The lowest BCUT2D eigenvalue weighted by Crippen LogP contribution is -2.24. The van der Waals surface area contributed by atoms with Crippen LogP contribution in [0.4, 0.5) is 0 Å². The summed E-state index contributed by atoms with van der Waals surface area (Å²) in [6, 6.07) is 16.9. The van der Waals surface area contributed by atoms with E-state index in [1.54, 1.807) is 0 Å². The van der Waals surface area contributed by atoms with E-state index < -0.39 is 0 Å². The molecule has 0 aliphatic carbocycles. The largest absolute Gasteiger partial charge is 0.330 e. The zero-order chi connectivity index (χ0) is 19.5. The SMILES string of the molecule is CCC(CCC(C)CN)CNOCc1ccc(C(=O)c2ccccc2)cc1. The monoisotopic (exact) mass is 368 g/mol. The average Bonchev–Trinajstić information content (AvgIpc) is 2.73. The zero-order valence-corrected chi connectivity index (χ0v) is 16.5. The van der Waals surface area contributed by atoms with Gasteiger partial charge >= 0.3 is 0 Å². The van der Waals surface area contributed by atoms with Crippen molar-refractivity contribution in [2.24, 2.45) is 17.6 Å². The number of benzene rings is 2. The highest BCUT2D eigenvalue weighted by molar-refractivity contribution is 6.08. The van der Waals surface area contributed by atoms with Crippen LogP contribution < -0.4 is 11.2 Å². The summed E-state index contributed by atoms with van der Waals surface area (Å²) >= 11 is 0. The Bertz CT molecular complexity index is 671. The second-order valence-electron chi connectivity index (χ2n) is 7.22. The van der Waals surface area contributed by atoms with Crippen molar-refractivity contribution in [3.8, 4) is 0 Å². The second kappa shape index (κ2) is 11.7. The molecule has 2 aromatic carbocycles. The highest BCUT2D eigenvalue weighted by Crippen LogP contribution is 2.15. The van der Waals surface area contributed by atoms with Crippen LogP contribution in [-0.2, 0) is 11.4 Å². The van der Waals surface area contributed by atoms with E-state index in [2.05, 4.69) is 19.3 Å². The smallest absolute Gasteiger partial charge is 0.193 e. The molecule has 0 fully saturated rings. The molecule has 4 nitrogen and oxygen atoms in total. The molecule has 0 saturated heterocycles. The topological polar surface area (TPSA) is 64.3 Å². The molecule has 0 heterocycles. The lowest BCUT2D eigenvalue weighted by atomic mass is 9.95. The van der Waals surface area contributed by atoms with Gasteiger partial charge in [0, 0.05) is 17.7 Å². The van der Waals surface area contributed by atoms with E-state index in [1.807, 2.05) is 54.6 Å². The molecular weight excluding hydrogens is 336 g/mol. The Morgan fingerprint density at radius 3 is 2.33 bits per heavy atom. The van der Waals surface area contributed by atoms with Gasteiger partial charge in [-0.25, -0.2) is 5.48 Å². The maximum absolute atomic E-state index is 12.4. The third-order valence-electron chi connectivity index (χ3n) is 5.01. The van der Waals surface area contributed by atoms with Crippen molar-refractivity contribution in [1.29, 1.82) is 0 Å². The molecule has 27 heavy (non-hydrogen) atoms. The Morgan fingerprint density at radius 1 is 1.04 bits per heavy atom. The van der Waals surface area contributed by atoms with E-state index in [9.17, 15) is 4.79 Å². The standard InChI is InChI=1S/C23H32N2O2/c1-3-19(10-9-18(2)15-24)16-25-27-17-20-11-13-22(14-12-20)23(26)21-7-5-4-6-8-21/h4-8,11-14,18-19,25H,3,9-10,15-17,24H2,1-2H3. The Kier molecular flexibility index (Phi) is 9.19. The molecular formula is C23H32N2O2. The quantitative estimate of drug-likeness (QED) is 0.332. The van der Waals surface area contributed by atoms with Crippen LogP contribution in [0.5, 0.6) is 0 Å². The van der Waals surface area contributed by atoms with Gasteiger partial charge in [0.05, 0.1) is 6.61 Å². The van der Waals surface area contributed by atoms with Crippen molar-refractivity contribution >= 4 is 5.78 Å². The molecule has 0 bridgehead atoms. The van der Waals surface area contributed by atoms with E-state index in [1.165, 1.54) is 6.42 Å². The first-order valence-corrected chi connectivity index (χ1v) is 9.87. The second-order valence-corrected chi connectivity index (χ2v) is 7.22. The van der Waals surface area contributed by atoms with Crippen molar-refractivity contribution in [3.05, 3.63) is 71.3 Å². The summed E-state index contributed by atoms with van der Waals surface area (Å²) < 4.78 is 0. The zero-order valence-electron chi connectivity index (χ0n) is 16.5. The lowest BCUT2D eigenvalue weighted by molar-refractivity contribution is 0.0181. The molecule has 0 saturated carbocycles. The molecule has 2 aromatic rings. The van der Waals surface area contributed by atoms with E-state index in [0.29, 0.717) is 29.6 Å². The van der Waals surface area contributed by atoms with Crippen LogP contribution in [-0.4, -0.2) is 18.9 Å². The molecule has 0 radical (unpaired) electrons. The number of hydrogen-bond acceptors (Lipinski definition) is 4. The fourth-order valence-electron chi connectivity index (χ4n) is 2.91. The molecule has 0 aromatic heterocycles. The van der Waals surface area contributed by atoms with Crippen LogP contribution in [0.25, 0.3) is 0 Å². The third kappa shape index (κ3) is 7.25. The van der Waals surface area contributed by atoms with E-state index in [4.69, 9.17) is 10.6 Å². The van der Waals surface area contributed by atoms with Gasteiger partial charge in [-0.1, -0.05) is 74.9 Å².